The molecule has 2 heterocycles. The molecule has 180 valence electrons. The van der Waals surface area contributed by atoms with Gasteiger partial charge in [-0.05, 0) is 47.9 Å². The number of ether oxygens (including phenoxy) is 2. The lowest BCUT2D eigenvalue weighted by Crippen LogP contribution is -2.16. The molecule has 4 unspecified atom stereocenters. The highest BCUT2D eigenvalue weighted by Gasteiger charge is 2.35. The molecule has 0 bridgehead atoms. The van der Waals surface area contributed by atoms with Crippen LogP contribution >= 0.6 is 47.0 Å². The van der Waals surface area contributed by atoms with Crippen molar-refractivity contribution in [1.29, 1.82) is 0 Å². The van der Waals surface area contributed by atoms with E-state index in [1.165, 1.54) is 21.9 Å². The van der Waals surface area contributed by atoms with E-state index < -0.39 is 0 Å². The zero-order chi connectivity index (χ0) is 24.2. The summed E-state index contributed by atoms with van der Waals surface area (Å²) in [6, 6.07) is 13.1. The van der Waals surface area contributed by atoms with Gasteiger partial charge in [-0.25, -0.2) is 9.59 Å². The highest BCUT2D eigenvalue weighted by molar-refractivity contribution is 8.20. The molecule has 0 saturated carbocycles. The van der Waals surface area contributed by atoms with E-state index >= 15 is 0 Å². The molecule has 2 aromatic rings. The van der Waals surface area contributed by atoms with E-state index in [4.69, 9.17) is 9.47 Å². The predicted octanol–water partition coefficient (Wildman–Crippen LogP) is 6.77. The van der Waals surface area contributed by atoms with Crippen LogP contribution in [0.25, 0.3) is 10.8 Å². The third-order valence-electron chi connectivity index (χ3n) is 5.46. The Bertz CT molecular complexity index is 1030. The monoisotopic (exact) mass is 532 g/mol. The summed E-state index contributed by atoms with van der Waals surface area (Å²) >= 11 is 7.58. The molecule has 4 nitrogen and oxygen atoms in total. The number of carbonyl (C=O) groups excluding carboxylic acids is 2. The quantitative estimate of drug-likeness (QED) is 0.273. The molecule has 2 aromatic carbocycles. The molecule has 2 saturated heterocycles. The van der Waals surface area contributed by atoms with Crippen LogP contribution in [0.2, 0.25) is 0 Å². The summed E-state index contributed by atoms with van der Waals surface area (Å²) in [6.07, 6.45) is 0. The molecule has 0 radical (unpaired) electrons. The maximum atomic E-state index is 11.8. The molecule has 8 heteroatoms. The smallest absolute Gasteiger partial charge is 0.333 e. The largest absolute Gasteiger partial charge is 0.461 e. The van der Waals surface area contributed by atoms with Gasteiger partial charge in [-0.1, -0.05) is 37.4 Å². The van der Waals surface area contributed by atoms with Crippen LogP contribution in [0.3, 0.4) is 0 Å². The maximum absolute atomic E-state index is 11.8. The number of hydrogen-bond donors (Lipinski definition) is 0. The van der Waals surface area contributed by atoms with Gasteiger partial charge in [0, 0.05) is 33.2 Å². The van der Waals surface area contributed by atoms with Gasteiger partial charge in [0.1, 0.15) is 13.2 Å². The molecule has 0 N–H and O–H groups in total. The van der Waals surface area contributed by atoms with Crippen molar-refractivity contribution in [2.75, 3.05) is 24.7 Å². The van der Waals surface area contributed by atoms with Gasteiger partial charge in [-0.15, -0.1) is 47.0 Å². The fourth-order valence-electron chi connectivity index (χ4n) is 3.66. The molecule has 4 atom stereocenters. The Morgan fingerprint density at radius 3 is 1.62 bits per heavy atom. The summed E-state index contributed by atoms with van der Waals surface area (Å²) in [7, 11) is 0. The fourth-order valence-corrected chi connectivity index (χ4v) is 10.2. The standard InChI is InChI=1S/C26H28O4S4/c1-15(2)23(27)29-11-19-13-31-25(33-19)21-9-17-7-5-6-8-18(17)10-22(21)26-32-14-20(34-26)12-30-24(28)16(3)4/h5-10,19-20,25-26H,1,3,11-14H2,2,4H3. The summed E-state index contributed by atoms with van der Waals surface area (Å²) < 4.78 is 11.4. The lowest BCUT2D eigenvalue weighted by Gasteiger charge is -2.20. The van der Waals surface area contributed by atoms with Crippen LogP contribution in [-0.4, -0.2) is 47.2 Å². The average molecular weight is 533 g/mol. The van der Waals surface area contributed by atoms with Crippen molar-refractivity contribution in [2.24, 2.45) is 0 Å². The van der Waals surface area contributed by atoms with Crippen molar-refractivity contribution in [3.8, 4) is 0 Å². The van der Waals surface area contributed by atoms with E-state index in [1.807, 2.05) is 47.0 Å². The Labute approximate surface area is 218 Å². The van der Waals surface area contributed by atoms with Crippen LogP contribution in [0.5, 0.6) is 0 Å². The van der Waals surface area contributed by atoms with Gasteiger partial charge >= 0.3 is 11.9 Å². The van der Waals surface area contributed by atoms with E-state index in [9.17, 15) is 9.59 Å². The van der Waals surface area contributed by atoms with Crippen molar-refractivity contribution in [3.63, 3.8) is 0 Å². The van der Waals surface area contributed by atoms with Crippen LogP contribution in [0.1, 0.15) is 34.1 Å². The second-order valence-corrected chi connectivity index (χ2v) is 14.1. The number of esters is 2. The van der Waals surface area contributed by atoms with Crippen molar-refractivity contribution in [1.82, 2.24) is 0 Å². The zero-order valence-electron chi connectivity index (χ0n) is 19.3. The maximum Gasteiger partial charge on any atom is 0.333 e. The van der Waals surface area contributed by atoms with Crippen LogP contribution in [0, 0.1) is 0 Å². The van der Waals surface area contributed by atoms with Gasteiger partial charge in [-0.2, -0.15) is 0 Å². The Kier molecular flexibility index (Phi) is 8.66. The summed E-state index contributed by atoms with van der Waals surface area (Å²) in [6.45, 7) is 11.5. The third-order valence-corrected chi connectivity index (χ3v) is 12.0. The Balaban J connectivity index is 1.50. The van der Waals surface area contributed by atoms with E-state index in [-0.39, 0.29) is 31.6 Å². The van der Waals surface area contributed by atoms with Crippen molar-refractivity contribution in [3.05, 3.63) is 71.8 Å². The van der Waals surface area contributed by atoms with Crippen molar-refractivity contribution in [2.45, 2.75) is 33.5 Å². The molecule has 34 heavy (non-hydrogen) atoms. The minimum atomic E-state index is -0.322. The second kappa shape index (κ2) is 11.5. The first-order valence-corrected chi connectivity index (χ1v) is 15.0. The molecule has 0 spiro atoms. The van der Waals surface area contributed by atoms with Crippen molar-refractivity contribution < 1.29 is 19.1 Å². The number of carbonyl (C=O) groups is 2. The topological polar surface area (TPSA) is 52.6 Å². The minimum Gasteiger partial charge on any atom is -0.461 e. The van der Waals surface area contributed by atoms with Crippen LogP contribution in [0.15, 0.2) is 60.7 Å². The zero-order valence-corrected chi connectivity index (χ0v) is 22.5. The van der Waals surface area contributed by atoms with E-state index in [0.29, 0.717) is 24.4 Å². The highest BCUT2D eigenvalue weighted by atomic mass is 32.2. The first-order valence-electron chi connectivity index (χ1n) is 11.0. The summed E-state index contributed by atoms with van der Waals surface area (Å²) in [5.41, 5.74) is 3.55. The molecule has 2 aliphatic heterocycles. The van der Waals surface area contributed by atoms with E-state index in [1.54, 1.807) is 13.8 Å². The van der Waals surface area contributed by atoms with Crippen LogP contribution < -0.4 is 0 Å². The normalized spacial score (nSPS) is 24.2. The van der Waals surface area contributed by atoms with E-state index in [0.717, 1.165) is 11.5 Å². The van der Waals surface area contributed by atoms with Gasteiger partial charge in [0.15, 0.2) is 0 Å². The molecule has 0 aliphatic carbocycles. The van der Waals surface area contributed by atoms with Gasteiger partial charge < -0.3 is 9.47 Å². The number of thioether (sulfide) groups is 4. The Hall–Kier alpha value is -1.48. The summed E-state index contributed by atoms with van der Waals surface area (Å²) in [5.74, 6) is 1.24. The van der Waals surface area contributed by atoms with Gasteiger partial charge in [-0.3, -0.25) is 0 Å². The lowest BCUT2D eigenvalue weighted by atomic mass is 10.0. The Morgan fingerprint density at radius 2 is 1.24 bits per heavy atom. The van der Waals surface area contributed by atoms with Crippen molar-refractivity contribution >= 4 is 69.8 Å². The first-order chi connectivity index (χ1) is 16.3. The molecule has 2 fully saturated rings. The number of hydrogen-bond acceptors (Lipinski definition) is 8. The SMILES string of the molecule is C=C(C)C(=O)OCC1CSC(c2cc3ccccc3cc2C2SCC(COC(=O)C(=C)C)S2)S1. The summed E-state index contributed by atoms with van der Waals surface area (Å²) in [5, 5.41) is 2.99. The number of benzene rings is 2. The fraction of sp³-hybridized carbons (Fsp3) is 0.385. The molecule has 4 rings (SSSR count). The second-order valence-electron chi connectivity index (χ2n) is 8.43. The van der Waals surface area contributed by atoms with Crippen LogP contribution in [-0.2, 0) is 19.1 Å². The summed E-state index contributed by atoms with van der Waals surface area (Å²) in [4.78, 5) is 23.6. The Morgan fingerprint density at radius 1 is 0.824 bits per heavy atom. The van der Waals surface area contributed by atoms with Gasteiger partial charge in [0.25, 0.3) is 0 Å². The minimum absolute atomic E-state index is 0.260. The number of rotatable bonds is 8. The molecule has 0 amide bonds. The molecule has 2 aliphatic rings. The average Bonchev–Trinajstić information content (AvgIpc) is 3.49. The van der Waals surface area contributed by atoms with Gasteiger partial charge in [0.05, 0.1) is 9.16 Å². The first kappa shape index (κ1) is 25.6. The molecular formula is C26H28O4S4. The molecule has 0 aromatic heterocycles. The van der Waals surface area contributed by atoms with Gasteiger partial charge in [0.2, 0.25) is 0 Å². The van der Waals surface area contributed by atoms with Crippen LogP contribution in [0.4, 0.5) is 0 Å². The van der Waals surface area contributed by atoms with E-state index in [2.05, 4.69) is 49.6 Å². The lowest BCUT2D eigenvalue weighted by molar-refractivity contribution is -0.139. The number of fused-ring (bicyclic) bond motifs is 1. The highest BCUT2D eigenvalue weighted by Crippen LogP contribution is 2.56. The predicted molar refractivity (Wildman–Crippen MR) is 149 cm³/mol. The third kappa shape index (κ3) is 6.20. The molecular weight excluding hydrogens is 505 g/mol.